The Hall–Kier alpha value is -1.49. The zero-order valence-electron chi connectivity index (χ0n) is 10.5. The van der Waals surface area contributed by atoms with Gasteiger partial charge in [0.15, 0.2) is 11.6 Å². The van der Waals surface area contributed by atoms with E-state index in [9.17, 15) is 18.7 Å². The maximum absolute atomic E-state index is 13.7. The number of carbonyl (C=O) groups is 1. The van der Waals surface area contributed by atoms with E-state index in [0.29, 0.717) is 12.3 Å². The second-order valence-electron chi connectivity index (χ2n) is 5.33. The summed E-state index contributed by atoms with van der Waals surface area (Å²) in [4.78, 5) is 11.5. The van der Waals surface area contributed by atoms with E-state index in [1.54, 1.807) is 0 Å². The van der Waals surface area contributed by atoms with E-state index in [-0.39, 0.29) is 18.5 Å². The maximum atomic E-state index is 13.7. The van der Waals surface area contributed by atoms with Crippen LogP contribution in [0.3, 0.4) is 0 Å². The lowest BCUT2D eigenvalue weighted by Gasteiger charge is -2.28. The van der Waals surface area contributed by atoms with Crippen molar-refractivity contribution in [2.45, 2.75) is 25.7 Å². The van der Waals surface area contributed by atoms with Gasteiger partial charge in [0.05, 0.1) is 5.41 Å². The minimum atomic E-state index is -1.20. The number of halogens is 2. The van der Waals surface area contributed by atoms with Crippen molar-refractivity contribution < 1.29 is 18.7 Å². The van der Waals surface area contributed by atoms with Crippen LogP contribution in [0.5, 0.6) is 0 Å². The fourth-order valence-corrected chi connectivity index (χ4v) is 2.40. The van der Waals surface area contributed by atoms with E-state index >= 15 is 0 Å². The highest BCUT2D eigenvalue weighted by atomic mass is 19.2. The first-order valence-corrected chi connectivity index (χ1v) is 6.35. The third kappa shape index (κ3) is 2.92. The minimum absolute atomic E-state index is 0.0705. The molecule has 1 aliphatic carbocycles. The van der Waals surface area contributed by atoms with E-state index in [2.05, 4.69) is 0 Å². The smallest absolute Gasteiger partial charge is 0.311 e. The van der Waals surface area contributed by atoms with Gasteiger partial charge in [-0.25, -0.2) is 8.78 Å². The van der Waals surface area contributed by atoms with Gasteiger partial charge in [-0.3, -0.25) is 4.79 Å². The molecule has 1 fully saturated rings. The summed E-state index contributed by atoms with van der Waals surface area (Å²) >= 11 is 0. The number of benzene rings is 1. The van der Waals surface area contributed by atoms with E-state index in [0.717, 1.165) is 18.9 Å². The molecule has 0 bridgehead atoms. The van der Waals surface area contributed by atoms with E-state index in [4.69, 9.17) is 5.73 Å². The Morgan fingerprint density at radius 1 is 1.42 bits per heavy atom. The van der Waals surface area contributed by atoms with Crippen LogP contribution in [0.2, 0.25) is 0 Å². The van der Waals surface area contributed by atoms with Crippen LogP contribution in [0.25, 0.3) is 0 Å². The van der Waals surface area contributed by atoms with Gasteiger partial charge < -0.3 is 10.8 Å². The molecule has 0 heterocycles. The van der Waals surface area contributed by atoms with Gasteiger partial charge >= 0.3 is 5.97 Å². The molecule has 1 aromatic rings. The van der Waals surface area contributed by atoms with Crippen LogP contribution in [0.15, 0.2) is 18.2 Å². The van der Waals surface area contributed by atoms with Crippen LogP contribution in [0.4, 0.5) is 8.78 Å². The molecule has 0 saturated heterocycles. The second-order valence-corrected chi connectivity index (χ2v) is 5.33. The van der Waals surface area contributed by atoms with Gasteiger partial charge in [0.25, 0.3) is 0 Å². The Kier molecular flexibility index (Phi) is 3.85. The average molecular weight is 269 g/mol. The largest absolute Gasteiger partial charge is 0.481 e. The van der Waals surface area contributed by atoms with Crippen molar-refractivity contribution in [3.63, 3.8) is 0 Å². The molecule has 1 unspecified atom stereocenters. The van der Waals surface area contributed by atoms with Gasteiger partial charge in [0.2, 0.25) is 0 Å². The zero-order valence-corrected chi connectivity index (χ0v) is 10.5. The third-order valence-electron chi connectivity index (χ3n) is 3.78. The topological polar surface area (TPSA) is 63.3 Å². The van der Waals surface area contributed by atoms with Gasteiger partial charge in [-0.05, 0) is 30.4 Å². The van der Waals surface area contributed by atoms with Crippen LogP contribution in [-0.2, 0) is 11.2 Å². The third-order valence-corrected chi connectivity index (χ3v) is 3.78. The Labute approximate surface area is 110 Å². The lowest BCUT2D eigenvalue weighted by Crippen LogP contribution is -2.41. The molecule has 2 rings (SSSR count). The van der Waals surface area contributed by atoms with Crippen LogP contribution in [0, 0.1) is 23.0 Å². The molecule has 0 amide bonds. The van der Waals surface area contributed by atoms with E-state index in [1.165, 1.54) is 12.1 Å². The summed E-state index contributed by atoms with van der Waals surface area (Å²) in [5.74, 6) is -2.63. The fraction of sp³-hybridized carbons (Fsp3) is 0.500. The van der Waals surface area contributed by atoms with E-state index in [1.807, 2.05) is 0 Å². The van der Waals surface area contributed by atoms with Crippen molar-refractivity contribution in [2.24, 2.45) is 17.1 Å². The predicted octanol–water partition coefficient (Wildman–Crippen LogP) is 2.34. The molecule has 1 atom stereocenters. The molecule has 0 spiro atoms. The molecule has 1 saturated carbocycles. The monoisotopic (exact) mass is 269 g/mol. The summed E-state index contributed by atoms with van der Waals surface area (Å²) in [7, 11) is 0. The lowest BCUT2D eigenvalue weighted by atomic mass is 9.77. The molecule has 1 aromatic carbocycles. The van der Waals surface area contributed by atoms with Crippen molar-refractivity contribution in [1.29, 1.82) is 0 Å². The van der Waals surface area contributed by atoms with Crippen LogP contribution < -0.4 is 5.73 Å². The summed E-state index contributed by atoms with van der Waals surface area (Å²) in [6.45, 7) is -0.0746. The molecule has 0 radical (unpaired) electrons. The van der Waals surface area contributed by atoms with Crippen molar-refractivity contribution in [2.75, 3.05) is 6.54 Å². The molecule has 19 heavy (non-hydrogen) atoms. The second kappa shape index (κ2) is 5.25. The molecule has 0 aliphatic heterocycles. The van der Waals surface area contributed by atoms with E-state index < -0.39 is 23.0 Å². The standard InChI is InChI=1S/C14H17F2NO2/c15-11-3-1-2-10(12(11)16)7-14(8-17,13(18)19)6-9-4-5-9/h1-3,9H,4-8,17H2,(H,18,19). The summed E-state index contributed by atoms with van der Waals surface area (Å²) in [5.41, 5.74) is 4.50. The molecule has 0 aromatic heterocycles. The predicted molar refractivity (Wildman–Crippen MR) is 66.5 cm³/mol. The number of carboxylic acids is 1. The molecular formula is C14H17F2NO2. The molecule has 3 nitrogen and oxygen atoms in total. The SMILES string of the molecule is NCC(Cc1cccc(F)c1F)(CC1CC1)C(=O)O. The number of carboxylic acid groups (broad SMARTS) is 1. The Balaban J connectivity index is 2.28. The van der Waals surface area contributed by atoms with Gasteiger partial charge in [0.1, 0.15) is 0 Å². The Morgan fingerprint density at radius 3 is 2.63 bits per heavy atom. The van der Waals surface area contributed by atoms with Crippen LogP contribution >= 0.6 is 0 Å². The summed E-state index contributed by atoms with van der Waals surface area (Å²) in [6, 6.07) is 3.82. The highest BCUT2D eigenvalue weighted by Gasteiger charge is 2.42. The highest BCUT2D eigenvalue weighted by molar-refractivity contribution is 5.75. The Bertz CT molecular complexity index is 488. The normalized spacial score (nSPS) is 18.1. The van der Waals surface area contributed by atoms with Gasteiger partial charge in [-0.2, -0.15) is 0 Å². The van der Waals surface area contributed by atoms with Gasteiger partial charge in [-0.1, -0.05) is 25.0 Å². The van der Waals surface area contributed by atoms with Crippen molar-refractivity contribution in [3.8, 4) is 0 Å². The molecule has 1 aliphatic rings. The minimum Gasteiger partial charge on any atom is -0.481 e. The summed E-state index contributed by atoms with van der Waals surface area (Å²) in [5, 5.41) is 9.43. The highest BCUT2D eigenvalue weighted by Crippen LogP contribution is 2.42. The summed E-state index contributed by atoms with van der Waals surface area (Å²) in [6.07, 6.45) is 2.33. The first kappa shape index (κ1) is 13.9. The quantitative estimate of drug-likeness (QED) is 0.833. The molecular weight excluding hydrogens is 252 g/mol. The number of hydrogen-bond donors (Lipinski definition) is 2. The zero-order chi connectivity index (χ0) is 14.0. The number of nitrogens with two attached hydrogens (primary N) is 1. The number of rotatable bonds is 6. The van der Waals surface area contributed by atoms with Crippen LogP contribution in [-0.4, -0.2) is 17.6 Å². The summed E-state index contributed by atoms with van der Waals surface area (Å²) < 4.78 is 26.9. The molecule has 3 N–H and O–H groups in total. The van der Waals surface area contributed by atoms with Gasteiger partial charge in [0, 0.05) is 6.54 Å². The number of aliphatic carboxylic acids is 1. The van der Waals surface area contributed by atoms with Crippen molar-refractivity contribution in [3.05, 3.63) is 35.4 Å². The molecule has 5 heteroatoms. The fourth-order valence-electron chi connectivity index (χ4n) is 2.40. The first-order chi connectivity index (χ1) is 8.98. The lowest BCUT2D eigenvalue weighted by molar-refractivity contribution is -0.149. The number of hydrogen-bond acceptors (Lipinski definition) is 2. The molecule has 104 valence electrons. The van der Waals surface area contributed by atoms with Gasteiger partial charge in [-0.15, -0.1) is 0 Å². The Morgan fingerprint density at radius 2 is 2.11 bits per heavy atom. The first-order valence-electron chi connectivity index (χ1n) is 6.35. The van der Waals surface area contributed by atoms with Crippen LogP contribution in [0.1, 0.15) is 24.8 Å². The van der Waals surface area contributed by atoms with Crippen molar-refractivity contribution >= 4 is 5.97 Å². The van der Waals surface area contributed by atoms with Crippen molar-refractivity contribution in [1.82, 2.24) is 0 Å². The average Bonchev–Trinajstić information content (AvgIpc) is 3.17. The maximum Gasteiger partial charge on any atom is 0.311 e.